The highest BCUT2D eigenvalue weighted by atomic mass is 16.5. The van der Waals surface area contributed by atoms with Crippen LogP contribution in [-0.2, 0) is 18.6 Å². The van der Waals surface area contributed by atoms with Crippen molar-refractivity contribution in [1.82, 2.24) is 10.2 Å². The quantitative estimate of drug-likeness (QED) is 0.392. The molecule has 0 saturated carbocycles. The third-order valence-corrected chi connectivity index (χ3v) is 6.76. The second-order valence-electron chi connectivity index (χ2n) is 8.78. The minimum atomic E-state index is -0.132. The molecule has 1 aliphatic heterocycles. The first-order valence-electron chi connectivity index (χ1n) is 12.0. The molecule has 3 aromatic rings. The van der Waals surface area contributed by atoms with Crippen molar-refractivity contribution < 1.29 is 4.74 Å². The molecule has 168 valence electrons. The minimum Gasteiger partial charge on any atom is -0.496 e. The summed E-state index contributed by atoms with van der Waals surface area (Å²) in [4.78, 5) is 2.70. The number of hydrogen-bond donors (Lipinski definition) is 1. The molecule has 0 spiro atoms. The smallest absolute Gasteiger partial charge is 0.123 e. The van der Waals surface area contributed by atoms with Crippen LogP contribution < -0.4 is 10.1 Å². The fourth-order valence-electron chi connectivity index (χ4n) is 5.05. The first-order chi connectivity index (χ1) is 15.8. The van der Waals surface area contributed by atoms with Crippen molar-refractivity contribution >= 4 is 0 Å². The van der Waals surface area contributed by atoms with Gasteiger partial charge in [-0.3, -0.25) is 10.2 Å². The third-order valence-electron chi connectivity index (χ3n) is 6.76. The first-order valence-corrected chi connectivity index (χ1v) is 12.0. The molecule has 0 amide bonds. The summed E-state index contributed by atoms with van der Waals surface area (Å²) in [6.07, 6.45) is 7.22. The van der Waals surface area contributed by atoms with E-state index in [4.69, 9.17) is 4.74 Å². The van der Waals surface area contributed by atoms with E-state index in [2.05, 4.69) is 89.1 Å². The van der Waals surface area contributed by atoms with E-state index in [1.807, 2.05) is 6.07 Å². The highest BCUT2D eigenvalue weighted by Gasteiger charge is 2.39. The maximum atomic E-state index is 5.62. The van der Waals surface area contributed by atoms with Gasteiger partial charge in [-0.1, -0.05) is 78.9 Å². The molecule has 0 aliphatic carbocycles. The normalized spacial score (nSPS) is 19.0. The molecule has 0 bridgehead atoms. The van der Waals surface area contributed by atoms with E-state index < -0.39 is 0 Å². The Morgan fingerprint density at radius 2 is 1.56 bits per heavy atom. The van der Waals surface area contributed by atoms with Crippen LogP contribution >= 0.6 is 0 Å². The largest absolute Gasteiger partial charge is 0.496 e. The maximum absolute atomic E-state index is 5.62. The number of aryl methyl sites for hydroxylation is 1. The number of nitrogens with zero attached hydrogens (tertiary/aromatic N) is 1. The van der Waals surface area contributed by atoms with Gasteiger partial charge in [-0.25, -0.2) is 0 Å². The Morgan fingerprint density at radius 1 is 0.844 bits per heavy atom. The maximum Gasteiger partial charge on any atom is 0.123 e. The molecule has 0 radical (unpaired) electrons. The van der Waals surface area contributed by atoms with Crippen LogP contribution in [0.1, 0.15) is 48.8 Å². The van der Waals surface area contributed by atoms with Crippen LogP contribution in [0.2, 0.25) is 0 Å². The summed E-state index contributed by atoms with van der Waals surface area (Å²) in [7, 11) is 1.76. The number of piperidine rings is 1. The van der Waals surface area contributed by atoms with E-state index in [9.17, 15) is 0 Å². The molecule has 0 aromatic heterocycles. The van der Waals surface area contributed by atoms with Gasteiger partial charge in [-0.15, -0.1) is 0 Å². The lowest BCUT2D eigenvalue weighted by Crippen LogP contribution is -2.58. The number of likely N-dealkylation sites (tertiary alicyclic amines) is 1. The van der Waals surface area contributed by atoms with E-state index in [-0.39, 0.29) is 5.66 Å². The number of hydrogen-bond acceptors (Lipinski definition) is 3. The monoisotopic (exact) mass is 428 g/mol. The molecule has 1 heterocycles. The number of benzene rings is 3. The standard InChI is InChI=1S/C29H36N2O/c1-32-28-20-9-8-17-26(28)24-30-29(27-18-6-3-7-19-27)21-11-13-23-31(29)22-12-10-16-25-14-4-2-5-15-25/h2-9,14-15,17-20,30H,10-13,16,21-24H2,1H3. The summed E-state index contributed by atoms with van der Waals surface area (Å²) in [6.45, 7) is 3.04. The summed E-state index contributed by atoms with van der Waals surface area (Å²) in [5.41, 5.74) is 3.89. The van der Waals surface area contributed by atoms with Crippen LogP contribution in [0.4, 0.5) is 0 Å². The van der Waals surface area contributed by atoms with E-state index in [0.717, 1.165) is 38.2 Å². The zero-order valence-corrected chi connectivity index (χ0v) is 19.3. The van der Waals surface area contributed by atoms with Crippen molar-refractivity contribution in [1.29, 1.82) is 0 Å². The van der Waals surface area contributed by atoms with Gasteiger partial charge in [0.2, 0.25) is 0 Å². The summed E-state index contributed by atoms with van der Waals surface area (Å²) < 4.78 is 5.62. The predicted octanol–water partition coefficient (Wildman–Crippen LogP) is 6.15. The van der Waals surface area contributed by atoms with Crippen molar-refractivity contribution in [3.05, 3.63) is 102 Å². The number of nitrogens with one attached hydrogen (secondary N) is 1. The summed E-state index contributed by atoms with van der Waals surface area (Å²) in [5, 5.41) is 4.00. The molecule has 1 unspecified atom stereocenters. The molecule has 3 aromatic carbocycles. The average Bonchev–Trinajstić information content (AvgIpc) is 2.87. The molecule has 32 heavy (non-hydrogen) atoms. The van der Waals surface area contributed by atoms with Crippen molar-refractivity contribution in [3.8, 4) is 5.75 Å². The number of para-hydroxylation sites is 1. The SMILES string of the molecule is COc1ccccc1CNC1(c2ccccc2)CCCCN1CCCCc1ccccc1. The molecular formula is C29H36N2O. The summed E-state index contributed by atoms with van der Waals surface area (Å²) in [6, 6.07) is 30.2. The summed E-state index contributed by atoms with van der Waals surface area (Å²) >= 11 is 0. The first kappa shape index (κ1) is 22.6. The van der Waals surface area contributed by atoms with Crippen LogP contribution in [0.5, 0.6) is 5.75 Å². The Hall–Kier alpha value is -2.62. The molecule has 1 saturated heterocycles. The average molecular weight is 429 g/mol. The van der Waals surface area contributed by atoms with Crippen molar-refractivity contribution in [2.24, 2.45) is 0 Å². The third kappa shape index (κ3) is 5.40. The van der Waals surface area contributed by atoms with Gasteiger partial charge < -0.3 is 4.74 Å². The van der Waals surface area contributed by atoms with Crippen LogP contribution in [0, 0.1) is 0 Å². The van der Waals surface area contributed by atoms with E-state index in [0.29, 0.717) is 0 Å². The highest BCUT2D eigenvalue weighted by molar-refractivity contribution is 5.34. The second kappa shape index (κ2) is 11.3. The molecule has 1 atom stereocenters. The minimum absolute atomic E-state index is 0.132. The zero-order chi connectivity index (χ0) is 22.1. The van der Waals surface area contributed by atoms with Crippen LogP contribution in [-0.4, -0.2) is 25.1 Å². The number of ether oxygens (including phenoxy) is 1. The van der Waals surface area contributed by atoms with Gasteiger partial charge in [0.15, 0.2) is 0 Å². The van der Waals surface area contributed by atoms with Crippen LogP contribution in [0.3, 0.4) is 0 Å². The van der Waals surface area contributed by atoms with Gasteiger partial charge in [-0.2, -0.15) is 0 Å². The van der Waals surface area contributed by atoms with E-state index in [1.165, 1.54) is 42.4 Å². The molecule has 1 fully saturated rings. The van der Waals surface area contributed by atoms with Gasteiger partial charge in [-0.05, 0) is 55.7 Å². The lowest BCUT2D eigenvalue weighted by molar-refractivity contribution is 0.00948. The van der Waals surface area contributed by atoms with Crippen LogP contribution in [0.25, 0.3) is 0 Å². The fraction of sp³-hybridized carbons (Fsp3) is 0.379. The number of methoxy groups -OCH3 is 1. The molecule has 3 nitrogen and oxygen atoms in total. The molecule has 4 rings (SSSR count). The molecule has 1 N–H and O–H groups in total. The Balaban J connectivity index is 1.50. The van der Waals surface area contributed by atoms with E-state index in [1.54, 1.807) is 7.11 Å². The molecular weight excluding hydrogens is 392 g/mol. The van der Waals surface area contributed by atoms with Gasteiger partial charge in [0.1, 0.15) is 5.75 Å². The molecule has 1 aliphatic rings. The lowest BCUT2D eigenvalue weighted by Gasteiger charge is -2.48. The van der Waals surface area contributed by atoms with Gasteiger partial charge in [0.25, 0.3) is 0 Å². The Labute approximate surface area is 193 Å². The molecule has 3 heteroatoms. The van der Waals surface area contributed by atoms with Crippen molar-refractivity contribution in [2.45, 2.75) is 50.7 Å². The Morgan fingerprint density at radius 3 is 2.34 bits per heavy atom. The second-order valence-corrected chi connectivity index (χ2v) is 8.78. The van der Waals surface area contributed by atoms with Crippen LogP contribution in [0.15, 0.2) is 84.9 Å². The lowest BCUT2D eigenvalue weighted by atomic mass is 9.87. The van der Waals surface area contributed by atoms with Gasteiger partial charge in [0, 0.05) is 25.2 Å². The number of rotatable bonds is 10. The number of unbranched alkanes of at least 4 members (excludes halogenated alkanes) is 1. The topological polar surface area (TPSA) is 24.5 Å². The Kier molecular flexibility index (Phi) is 7.97. The predicted molar refractivity (Wildman–Crippen MR) is 133 cm³/mol. The Bertz CT molecular complexity index is 944. The van der Waals surface area contributed by atoms with E-state index >= 15 is 0 Å². The van der Waals surface area contributed by atoms with Crippen molar-refractivity contribution in [2.75, 3.05) is 20.2 Å². The van der Waals surface area contributed by atoms with Gasteiger partial charge >= 0.3 is 0 Å². The summed E-state index contributed by atoms with van der Waals surface area (Å²) in [5.74, 6) is 0.952. The van der Waals surface area contributed by atoms with Gasteiger partial charge in [0.05, 0.1) is 12.8 Å². The highest BCUT2D eigenvalue weighted by Crippen LogP contribution is 2.36. The fourth-order valence-corrected chi connectivity index (χ4v) is 5.05. The zero-order valence-electron chi connectivity index (χ0n) is 19.3. The van der Waals surface area contributed by atoms with Crippen molar-refractivity contribution in [3.63, 3.8) is 0 Å².